The molecule has 0 bridgehead atoms. The van der Waals surface area contributed by atoms with Crippen LogP contribution in [0.5, 0.6) is 11.5 Å². The molecule has 2 amide bonds. The normalized spacial score (nSPS) is 13.6. The number of thiophene rings is 2. The Bertz CT molecular complexity index is 2910. The van der Waals surface area contributed by atoms with Crippen LogP contribution in [-0.4, -0.2) is 54.7 Å². The highest BCUT2D eigenvalue weighted by atomic mass is 32.1. The van der Waals surface area contributed by atoms with E-state index in [1.807, 2.05) is 121 Å². The third-order valence-electron chi connectivity index (χ3n) is 13.3. The smallest absolute Gasteiger partial charge is 0.311 e. The number of hydrogen-bond acceptors (Lipinski definition) is 11. The monoisotopic (exact) mass is 1110 g/mol. The molecule has 77 heavy (non-hydrogen) atoms. The Kier molecular flexibility index (Phi) is 26.1. The number of esters is 2. The van der Waals surface area contributed by atoms with E-state index in [9.17, 15) is 24.0 Å². The van der Waals surface area contributed by atoms with Gasteiger partial charge in [0.05, 0.1) is 30.3 Å². The minimum Gasteiger partial charge on any atom is -0.497 e. The van der Waals surface area contributed by atoms with E-state index in [-0.39, 0.29) is 42.6 Å². The maximum absolute atomic E-state index is 13.2. The Morgan fingerprint density at radius 2 is 1.19 bits per heavy atom. The third kappa shape index (κ3) is 17.0. The molecule has 418 valence electrons. The van der Waals surface area contributed by atoms with Gasteiger partial charge in [-0.05, 0) is 220 Å². The van der Waals surface area contributed by atoms with Crippen molar-refractivity contribution in [1.82, 2.24) is 4.90 Å². The van der Waals surface area contributed by atoms with Crippen LogP contribution in [0.1, 0.15) is 144 Å². The summed E-state index contributed by atoms with van der Waals surface area (Å²) >= 11 is 3.67. The van der Waals surface area contributed by atoms with Crippen LogP contribution >= 0.6 is 22.7 Å². The number of Topliss-reactive ketones (excluding diaryl/α,β-unsaturated/α-hetero) is 1. The highest BCUT2D eigenvalue weighted by Crippen LogP contribution is 2.47. The number of rotatable bonds is 18. The zero-order valence-electron chi connectivity index (χ0n) is 45.8. The zero-order chi connectivity index (χ0) is 57.7. The Morgan fingerprint density at radius 1 is 0.688 bits per heavy atom. The fraction of sp³-hybridized carbons (Fsp3) is 0.407. The van der Waals surface area contributed by atoms with Crippen molar-refractivity contribution in [2.45, 2.75) is 134 Å². The number of carbonyl (C=O) groups excluding carboxylic acids is 5. The first-order chi connectivity index (χ1) is 36.7. The molecule has 1 saturated heterocycles. The van der Waals surface area contributed by atoms with Gasteiger partial charge in [0.15, 0.2) is 0 Å². The molecule has 0 spiro atoms. The van der Waals surface area contributed by atoms with Gasteiger partial charge in [0.25, 0.3) is 11.8 Å². The number of allylic oxidation sites excluding steroid dienone is 4. The van der Waals surface area contributed by atoms with Crippen LogP contribution in [-0.2, 0) is 28.7 Å². The van der Waals surface area contributed by atoms with Crippen LogP contribution in [0.15, 0.2) is 87.9 Å². The Hall–Kier alpha value is -6.53. The average molecular weight is 1110 g/mol. The van der Waals surface area contributed by atoms with Gasteiger partial charge in [-0.15, -0.1) is 22.7 Å². The number of ether oxygens (including phenoxy) is 3. The van der Waals surface area contributed by atoms with Gasteiger partial charge < -0.3 is 23.4 Å². The highest BCUT2D eigenvalue weighted by Gasteiger charge is 2.41. The summed E-state index contributed by atoms with van der Waals surface area (Å²) in [5.41, 5.74) is 10.8. The van der Waals surface area contributed by atoms with Gasteiger partial charge in [0.1, 0.15) is 28.8 Å². The lowest BCUT2D eigenvalue weighted by Crippen LogP contribution is -2.31. The number of hydrogen-bond donors (Lipinski definition) is 0. The molecule has 2 aliphatic rings. The summed E-state index contributed by atoms with van der Waals surface area (Å²) < 4.78 is 69.8. The summed E-state index contributed by atoms with van der Waals surface area (Å²) in [5, 5.41) is 0. The average Bonchev–Trinajstić information content (AvgIpc) is 4.29. The first kappa shape index (κ1) is 64.8. The summed E-state index contributed by atoms with van der Waals surface area (Å²) in [5.74, 6) is 1.93. The lowest BCUT2D eigenvalue weighted by atomic mass is 9.91. The van der Waals surface area contributed by atoms with E-state index in [0.717, 1.165) is 52.4 Å². The van der Waals surface area contributed by atoms with Crippen LogP contribution in [0.4, 0.5) is 27.4 Å². The van der Waals surface area contributed by atoms with Gasteiger partial charge in [0.2, 0.25) is 0 Å². The second kappa shape index (κ2) is 31.0. The van der Waals surface area contributed by atoms with E-state index in [2.05, 4.69) is 38.1 Å². The van der Waals surface area contributed by atoms with Gasteiger partial charge in [-0.3, -0.25) is 24.1 Å². The predicted octanol–water partition coefficient (Wildman–Crippen LogP) is 17.2. The topological polar surface area (TPSA) is 129 Å². The van der Waals surface area contributed by atoms with Gasteiger partial charge in [-0.2, -0.15) is 0 Å². The van der Waals surface area contributed by atoms with Crippen LogP contribution in [0.2, 0.25) is 0 Å². The molecule has 4 heterocycles. The molecule has 2 aromatic carbocycles. The Morgan fingerprint density at radius 3 is 1.65 bits per heavy atom. The SMILES string of the molecule is CCC(C)(C)C(=O)OCCCCN1C(=O)C(=C(C)C)/C(=C(/C)c2cc(C)oc2C)C1=O.COc1ccc(-c2cc(C3=C(c4cc(-c5ccc(OC(=O)CCCC(C)=O)cc5)sc4C)CCC3)c(C)s2)cc1.FF.FF.FF. The van der Waals surface area contributed by atoms with Crippen molar-refractivity contribution < 1.29 is 70.0 Å². The Balaban J connectivity index is 0.000000380. The summed E-state index contributed by atoms with van der Waals surface area (Å²) in [6.07, 6.45) is 6.42. The Labute approximate surface area is 455 Å². The number of unbranched alkanes of at least 4 members (excludes halogenated alkanes) is 1. The molecule has 0 radical (unpaired) electrons. The molecule has 1 fully saturated rings. The summed E-state index contributed by atoms with van der Waals surface area (Å²) in [4.78, 5) is 68.0. The van der Waals surface area contributed by atoms with Crippen molar-refractivity contribution >= 4 is 68.9 Å². The second-order valence-corrected chi connectivity index (χ2v) is 21.8. The van der Waals surface area contributed by atoms with E-state index < -0.39 is 5.41 Å². The molecule has 0 N–H and O–H groups in total. The lowest BCUT2D eigenvalue weighted by Gasteiger charge is -2.20. The van der Waals surface area contributed by atoms with Crippen molar-refractivity contribution in [1.29, 1.82) is 0 Å². The third-order valence-corrected chi connectivity index (χ3v) is 15.5. The quantitative estimate of drug-likeness (QED) is 0.0210. The number of carbonyl (C=O) groups is 5. The molecule has 3 aromatic heterocycles. The number of halogens is 6. The van der Waals surface area contributed by atoms with Crippen molar-refractivity contribution in [2.24, 2.45) is 5.41 Å². The fourth-order valence-corrected chi connectivity index (χ4v) is 11.0. The van der Waals surface area contributed by atoms with E-state index in [0.29, 0.717) is 55.5 Å². The number of furan rings is 1. The molecule has 10 nitrogen and oxygen atoms in total. The van der Waals surface area contributed by atoms with E-state index in [4.69, 9.17) is 46.1 Å². The molecule has 0 saturated carbocycles. The molecular weight excluding hydrogens is 1040 g/mol. The van der Waals surface area contributed by atoms with E-state index >= 15 is 0 Å². The standard InChI is InChI=1S/C34H34O4S2.C25H35NO5.3F2/c1-21(35)7-5-10-34(36)38-27-17-13-25(14-18-27)33-20-31(23(3)40-33)29-9-6-8-28(29)30-19-32(39-22(30)2)24-11-15-26(37-4)16-12-24;1-9-25(7,8)24(29)30-13-11-10-12-26-22(27)20(15(2)3)21(23(26)28)17(5)19-14-16(4)31-18(19)6;3*1-2/h11-20H,5-10H2,1-4H3;14H,9-13H2,1-8H3;;;/b;21-17+;;;. The molecule has 0 atom stereocenters. The number of imide groups is 1. The van der Waals surface area contributed by atoms with Crippen molar-refractivity contribution in [3.8, 4) is 32.4 Å². The molecule has 1 aliphatic carbocycles. The van der Waals surface area contributed by atoms with E-state index in [1.54, 1.807) is 7.11 Å². The number of methoxy groups -OCH3 is 1. The summed E-state index contributed by atoms with van der Waals surface area (Å²) in [7, 11) is 1.70. The van der Waals surface area contributed by atoms with Gasteiger partial charge in [-0.25, -0.2) is 0 Å². The number of nitrogens with zero attached hydrogens (tertiary/aromatic N) is 1. The minimum atomic E-state index is -0.500. The first-order valence-corrected chi connectivity index (χ1v) is 26.7. The molecule has 18 heteroatoms. The second-order valence-electron chi connectivity index (χ2n) is 19.3. The van der Waals surface area contributed by atoms with E-state index in [1.165, 1.54) is 65.6 Å². The fourth-order valence-electron chi connectivity index (χ4n) is 8.90. The van der Waals surface area contributed by atoms with Crippen LogP contribution < -0.4 is 9.47 Å². The summed E-state index contributed by atoms with van der Waals surface area (Å²) in [6.45, 7) is 21.5. The number of benzene rings is 2. The van der Waals surface area contributed by atoms with Crippen LogP contribution in [0, 0.1) is 33.1 Å². The molecule has 7 rings (SSSR count). The molecular formula is C59H69F6NO9S2. The largest absolute Gasteiger partial charge is 0.497 e. The molecule has 0 unspecified atom stereocenters. The number of likely N-dealkylation sites (tertiary alicyclic amines) is 1. The van der Waals surface area contributed by atoms with Gasteiger partial charge >= 0.3 is 11.9 Å². The van der Waals surface area contributed by atoms with Gasteiger partial charge in [-0.1, -0.05) is 12.5 Å². The highest BCUT2D eigenvalue weighted by molar-refractivity contribution is 7.16. The number of amides is 2. The number of ketones is 1. The molecule has 5 aromatic rings. The van der Waals surface area contributed by atoms with Gasteiger partial charge in [0, 0.05) is 71.9 Å². The van der Waals surface area contributed by atoms with Crippen molar-refractivity contribution in [3.63, 3.8) is 0 Å². The van der Waals surface area contributed by atoms with Crippen LogP contribution in [0.3, 0.4) is 0 Å². The minimum absolute atomic E-state index is 0.0898. The molecule has 1 aliphatic heterocycles. The van der Waals surface area contributed by atoms with Crippen molar-refractivity contribution in [3.05, 3.63) is 121 Å². The van der Waals surface area contributed by atoms with Crippen molar-refractivity contribution in [2.75, 3.05) is 20.3 Å². The first-order valence-electron chi connectivity index (χ1n) is 25.1. The lowest BCUT2D eigenvalue weighted by molar-refractivity contribution is -0.154. The maximum Gasteiger partial charge on any atom is 0.311 e. The maximum atomic E-state index is 13.2. The van der Waals surface area contributed by atoms with Crippen LogP contribution in [0.25, 0.3) is 37.6 Å². The number of aryl methyl sites for hydroxylation is 4. The zero-order valence-corrected chi connectivity index (χ0v) is 47.5. The summed E-state index contributed by atoms with van der Waals surface area (Å²) in [6, 6.07) is 22.6. The predicted molar refractivity (Wildman–Crippen MR) is 293 cm³/mol.